The van der Waals surface area contributed by atoms with Crippen LogP contribution < -0.4 is 0 Å². The first-order valence-corrected chi connectivity index (χ1v) is 4.41. The van der Waals surface area contributed by atoms with Crippen molar-refractivity contribution in [1.29, 1.82) is 0 Å². The van der Waals surface area contributed by atoms with Gasteiger partial charge < -0.3 is 5.11 Å². The molecule has 15 heavy (non-hydrogen) atoms. The summed E-state index contributed by atoms with van der Waals surface area (Å²) in [4.78, 5) is 20.8. The van der Waals surface area contributed by atoms with Gasteiger partial charge in [-0.1, -0.05) is 13.0 Å². The Kier molecular flexibility index (Phi) is 3.04. The first-order valence-electron chi connectivity index (χ1n) is 4.41. The predicted molar refractivity (Wildman–Crippen MR) is 53.9 cm³/mol. The highest BCUT2D eigenvalue weighted by atomic mass is 16.6. The molecule has 5 heteroatoms. The molecular formula is C10H11NO4. The Hall–Kier alpha value is -1.91. The first-order chi connectivity index (χ1) is 6.93. The summed E-state index contributed by atoms with van der Waals surface area (Å²) in [5.74, 6) is -0.828. The van der Waals surface area contributed by atoms with Crippen molar-refractivity contribution in [1.82, 2.24) is 0 Å². The normalized spacial score (nSPS) is 12.1. The molecular weight excluding hydrogens is 198 g/mol. The maximum absolute atomic E-state index is 11.1. The Balaban J connectivity index is 3.12. The van der Waals surface area contributed by atoms with E-state index in [0.717, 1.165) is 0 Å². The molecule has 1 rings (SSSR count). The average molecular weight is 209 g/mol. The van der Waals surface area contributed by atoms with Gasteiger partial charge in [-0.05, 0) is 18.6 Å². The molecule has 0 spiro atoms. The minimum atomic E-state index is -0.669. The molecule has 0 bridgehead atoms. The van der Waals surface area contributed by atoms with Crippen LogP contribution in [-0.4, -0.2) is 15.8 Å². The minimum Gasteiger partial charge on any atom is -0.502 e. The van der Waals surface area contributed by atoms with Gasteiger partial charge in [0.05, 0.1) is 4.92 Å². The monoisotopic (exact) mass is 209 g/mol. The maximum Gasteiger partial charge on any atom is 0.310 e. The summed E-state index contributed by atoms with van der Waals surface area (Å²) in [5, 5.41) is 19.8. The number of hydrogen-bond donors (Lipinski definition) is 1. The van der Waals surface area contributed by atoms with Gasteiger partial charge in [-0.3, -0.25) is 14.9 Å². The fourth-order valence-electron chi connectivity index (χ4n) is 1.20. The van der Waals surface area contributed by atoms with Crippen LogP contribution in [0, 0.1) is 10.1 Å². The molecule has 0 heterocycles. The number of nitro benzene ring substituents is 1. The summed E-state index contributed by atoms with van der Waals surface area (Å²) >= 11 is 0. The highest BCUT2D eigenvalue weighted by Crippen LogP contribution is 2.29. The molecule has 1 atom stereocenters. The Morgan fingerprint density at radius 1 is 1.53 bits per heavy atom. The second kappa shape index (κ2) is 4.08. The smallest absolute Gasteiger partial charge is 0.310 e. The van der Waals surface area contributed by atoms with E-state index in [4.69, 9.17) is 0 Å². The van der Waals surface area contributed by atoms with Gasteiger partial charge in [0.2, 0.25) is 0 Å². The largest absolute Gasteiger partial charge is 0.502 e. The van der Waals surface area contributed by atoms with E-state index in [1.54, 1.807) is 6.92 Å². The number of ketones is 1. The molecule has 1 unspecified atom stereocenters. The molecule has 0 amide bonds. The van der Waals surface area contributed by atoms with Crippen LogP contribution in [0.5, 0.6) is 5.75 Å². The summed E-state index contributed by atoms with van der Waals surface area (Å²) in [6.07, 6.45) is 0. The van der Waals surface area contributed by atoms with Crippen molar-refractivity contribution < 1.29 is 14.8 Å². The third-order valence-corrected chi connectivity index (χ3v) is 2.31. The van der Waals surface area contributed by atoms with Crippen LogP contribution in [0.2, 0.25) is 0 Å². The molecule has 0 aliphatic carbocycles. The fraction of sp³-hybridized carbons (Fsp3) is 0.300. The van der Waals surface area contributed by atoms with Gasteiger partial charge in [-0.15, -0.1) is 0 Å². The lowest BCUT2D eigenvalue weighted by Crippen LogP contribution is -2.04. The minimum absolute atomic E-state index is 0.0525. The van der Waals surface area contributed by atoms with Crippen molar-refractivity contribution in [2.75, 3.05) is 0 Å². The highest BCUT2D eigenvalue weighted by Gasteiger charge is 2.17. The van der Waals surface area contributed by atoms with Crippen molar-refractivity contribution in [2.24, 2.45) is 0 Å². The van der Waals surface area contributed by atoms with Crippen molar-refractivity contribution in [3.8, 4) is 5.75 Å². The van der Waals surface area contributed by atoms with E-state index < -0.39 is 10.7 Å². The standard InChI is InChI=1S/C10H11NO4/c1-6(7(2)12)8-3-4-9(11(14)15)10(13)5-8/h3-6,13H,1-2H3. The van der Waals surface area contributed by atoms with Crippen molar-refractivity contribution >= 4 is 11.5 Å². The van der Waals surface area contributed by atoms with E-state index in [0.29, 0.717) is 5.56 Å². The van der Waals surface area contributed by atoms with Crippen LogP contribution in [0.15, 0.2) is 18.2 Å². The van der Waals surface area contributed by atoms with Crippen LogP contribution in [0.3, 0.4) is 0 Å². The van der Waals surface area contributed by atoms with Crippen LogP contribution >= 0.6 is 0 Å². The van der Waals surface area contributed by atoms with Gasteiger partial charge in [-0.25, -0.2) is 0 Å². The fourth-order valence-corrected chi connectivity index (χ4v) is 1.20. The maximum atomic E-state index is 11.1. The molecule has 1 aromatic carbocycles. The van der Waals surface area contributed by atoms with Crippen LogP contribution in [-0.2, 0) is 4.79 Å². The molecule has 80 valence electrons. The summed E-state index contributed by atoms with van der Waals surface area (Å²) in [6.45, 7) is 3.12. The van der Waals surface area contributed by atoms with E-state index in [2.05, 4.69) is 0 Å². The number of nitrogens with zero attached hydrogens (tertiary/aromatic N) is 1. The molecule has 1 aromatic rings. The number of phenolic OH excluding ortho intramolecular Hbond substituents is 1. The molecule has 0 saturated carbocycles. The Labute approximate surface area is 86.5 Å². The van der Waals surface area contributed by atoms with E-state index in [-0.39, 0.29) is 17.4 Å². The molecule has 0 aromatic heterocycles. The van der Waals surface area contributed by atoms with Crippen molar-refractivity contribution in [2.45, 2.75) is 19.8 Å². The SMILES string of the molecule is CC(=O)C(C)c1ccc([N+](=O)[O-])c(O)c1. The predicted octanol–water partition coefficient (Wildman–Crippen LogP) is 1.99. The molecule has 1 N–H and O–H groups in total. The van der Waals surface area contributed by atoms with E-state index in [1.165, 1.54) is 25.1 Å². The highest BCUT2D eigenvalue weighted by molar-refractivity contribution is 5.83. The zero-order chi connectivity index (χ0) is 11.6. The Morgan fingerprint density at radius 2 is 2.13 bits per heavy atom. The van der Waals surface area contributed by atoms with Crippen LogP contribution in [0.25, 0.3) is 0 Å². The lowest BCUT2D eigenvalue weighted by molar-refractivity contribution is -0.385. The molecule has 0 saturated heterocycles. The second-order valence-corrected chi connectivity index (χ2v) is 3.34. The molecule has 0 fully saturated rings. The van der Waals surface area contributed by atoms with E-state index >= 15 is 0 Å². The number of nitro groups is 1. The van der Waals surface area contributed by atoms with Gasteiger partial charge in [0.15, 0.2) is 5.75 Å². The Bertz CT molecular complexity index is 414. The van der Waals surface area contributed by atoms with Gasteiger partial charge in [0.1, 0.15) is 5.78 Å². The number of Topliss-reactive ketones (excluding diaryl/α,β-unsaturated/α-hetero) is 1. The van der Waals surface area contributed by atoms with Crippen molar-refractivity contribution in [3.63, 3.8) is 0 Å². The number of phenols is 1. The number of carbonyl (C=O) groups excluding carboxylic acids is 1. The van der Waals surface area contributed by atoms with E-state index in [1.807, 2.05) is 0 Å². The topological polar surface area (TPSA) is 80.4 Å². The lowest BCUT2D eigenvalue weighted by atomic mass is 9.97. The molecule has 0 radical (unpaired) electrons. The molecule has 5 nitrogen and oxygen atoms in total. The van der Waals surface area contributed by atoms with Crippen molar-refractivity contribution in [3.05, 3.63) is 33.9 Å². The van der Waals surface area contributed by atoms with E-state index in [9.17, 15) is 20.0 Å². The zero-order valence-electron chi connectivity index (χ0n) is 8.43. The lowest BCUT2D eigenvalue weighted by Gasteiger charge is -2.07. The molecule has 0 aliphatic heterocycles. The average Bonchev–Trinajstić information content (AvgIpc) is 2.15. The first kappa shape index (κ1) is 11.2. The van der Waals surface area contributed by atoms with Crippen LogP contribution in [0.1, 0.15) is 25.3 Å². The summed E-state index contributed by atoms with van der Waals surface area (Å²) in [7, 11) is 0. The summed E-state index contributed by atoms with van der Waals surface area (Å²) < 4.78 is 0. The molecule has 0 aliphatic rings. The number of benzene rings is 1. The van der Waals surface area contributed by atoms with Gasteiger partial charge in [0.25, 0.3) is 0 Å². The van der Waals surface area contributed by atoms with Gasteiger partial charge in [-0.2, -0.15) is 0 Å². The van der Waals surface area contributed by atoms with Gasteiger partial charge >= 0.3 is 5.69 Å². The summed E-state index contributed by atoms with van der Waals surface area (Å²) in [6, 6.07) is 3.93. The van der Waals surface area contributed by atoms with Crippen LogP contribution in [0.4, 0.5) is 5.69 Å². The number of hydrogen-bond acceptors (Lipinski definition) is 4. The van der Waals surface area contributed by atoms with Gasteiger partial charge in [0, 0.05) is 12.0 Å². The third kappa shape index (κ3) is 2.31. The third-order valence-electron chi connectivity index (χ3n) is 2.31. The zero-order valence-corrected chi connectivity index (χ0v) is 8.43. The number of aromatic hydroxyl groups is 1. The Morgan fingerprint density at radius 3 is 2.53 bits per heavy atom. The quantitative estimate of drug-likeness (QED) is 0.609. The summed E-state index contributed by atoms with van der Waals surface area (Å²) in [5.41, 5.74) is 0.222. The number of rotatable bonds is 3. The second-order valence-electron chi connectivity index (χ2n) is 3.34. The number of carbonyl (C=O) groups is 1.